The second kappa shape index (κ2) is 8.47. The topological polar surface area (TPSA) is 85.9 Å². The maximum atomic E-state index is 13.5. The first-order chi connectivity index (χ1) is 15.9. The number of piperidine rings is 1. The molecule has 5 rings (SSSR count). The number of fused-ring (bicyclic) bond motifs is 4. The Hall–Kier alpha value is -3.46. The SMILES string of the molecule is CN(C)C(=O)c1ccc2c(c1)N(CC(=O)Nc1nc3ccccc3s1)C(=O)[C@H]1CCCCN21. The summed E-state index contributed by atoms with van der Waals surface area (Å²) in [5.41, 5.74) is 2.80. The van der Waals surface area contributed by atoms with Gasteiger partial charge in [0.1, 0.15) is 12.6 Å². The van der Waals surface area contributed by atoms with Crippen LogP contribution in [0, 0.1) is 0 Å². The summed E-state index contributed by atoms with van der Waals surface area (Å²) in [5, 5.41) is 3.35. The third-order valence-electron chi connectivity index (χ3n) is 6.12. The number of anilines is 3. The molecule has 1 aromatic heterocycles. The van der Waals surface area contributed by atoms with E-state index in [0.29, 0.717) is 16.4 Å². The van der Waals surface area contributed by atoms with Crippen LogP contribution in [0.5, 0.6) is 0 Å². The highest BCUT2D eigenvalue weighted by atomic mass is 32.1. The van der Waals surface area contributed by atoms with E-state index in [1.54, 1.807) is 26.2 Å². The first-order valence-electron chi connectivity index (χ1n) is 11.0. The summed E-state index contributed by atoms with van der Waals surface area (Å²) in [6.45, 7) is 0.655. The smallest absolute Gasteiger partial charge is 0.253 e. The average Bonchev–Trinajstić information content (AvgIpc) is 3.23. The van der Waals surface area contributed by atoms with Gasteiger partial charge in [0.25, 0.3) is 5.91 Å². The summed E-state index contributed by atoms with van der Waals surface area (Å²) in [4.78, 5) is 48.6. The zero-order valence-electron chi connectivity index (χ0n) is 18.6. The summed E-state index contributed by atoms with van der Waals surface area (Å²) >= 11 is 1.40. The van der Waals surface area contributed by atoms with Gasteiger partial charge in [-0.2, -0.15) is 0 Å². The Morgan fingerprint density at radius 1 is 1.15 bits per heavy atom. The molecule has 1 atom stereocenters. The standard InChI is InChI=1S/C24H25N5O3S/c1-27(2)22(31)15-10-11-17-19(13-15)29(23(32)18-8-5-6-12-28(17)18)14-21(30)26-24-25-16-7-3-4-9-20(16)33-24/h3-4,7,9-11,13,18H,5-6,8,12,14H2,1-2H3,(H,25,26,30)/t18-/m1/s1. The maximum Gasteiger partial charge on any atom is 0.253 e. The molecule has 0 aliphatic carbocycles. The minimum Gasteiger partial charge on any atom is -0.358 e. The average molecular weight is 464 g/mol. The molecule has 2 aromatic carbocycles. The summed E-state index contributed by atoms with van der Waals surface area (Å²) in [5.74, 6) is -0.567. The lowest BCUT2D eigenvalue weighted by Crippen LogP contribution is -2.56. The first kappa shape index (κ1) is 21.4. The number of amides is 3. The number of thiazole rings is 1. The van der Waals surface area contributed by atoms with Crippen molar-refractivity contribution in [1.29, 1.82) is 0 Å². The van der Waals surface area contributed by atoms with Crippen LogP contribution in [0.2, 0.25) is 0 Å². The Morgan fingerprint density at radius 2 is 1.97 bits per heavy atom. The van der Waals surface area contributed by atoms with Crippen molar-refractivity contribution < 1.29 is 14.4 Å². The van der Waals surface area contributed by atoms with Gasteiger partial charge in [-0.25, -0.2) is 4.98 Å². The lowest BCUT2D eigenvalue weighted by Gasteiger charge is -2.45. The molecule has 2 aliphatic rings. The van der Waals surface area contributed by atoms with Gasteiger partial charge >= 0.3 is 0 Å². The minimum atomic E-state index is -0.318. The Kier molecular flexibility index (Phi) is 5.49. The molecule has 1 N–H and O–H groups in total. The number of carbonyl (C=O) groups is 3. The number of aromatic nitrogens is 1. The first-order valence-corrected chi connectivity index (χ1v) is 11.8. The van der Waals surface area contributed by atoms with Gasteiger partial charge in [0.15, 0.2) is 5.13 Å². The van der Waals surface area contributed by atoms with Crippen LogP contribution in [0.15, 0.2) is 42.5 Å². The molecule has 3 amide bonds. The monoisotopic (exact) mass is 463 g/mol. The summed E-state index contributed by atoms with van der Waals surface area (Å²) in [6.07, 6.45) is 2.75. The van der Waals surface area contributed by atoms with Crippen LogP contribution < -0.4 is 15.1 Å². The molecule has 3 aromatic rings. The predicted molar refractivity (Wildman–Crippen MR) is 130 cm³/mol. The second-order valence-corrected chi connectivity index (χ2v) is 9.60. The lowest BCUT2D eigenvalue weighted by atomic mass is 9.95. The van der Waals surface area contributed by atoms with E-state index in [2.05, 4.69) is 15.2 Å². The summed E-state index contributed by atoms with van der Waals surface area (Å²) < 4.78 is 0.983. The number of hydrogen-bond acceptors (Lipinski definition) is 6. The third-order valence-corrected chi connectivity index (χ3v) is 7.08. The van der Waals surface area contributed by atoms with E-state index >= 15 is 0 Å². The number of nitrogens with zero attached hydrogens (tertiary/aromatic N) is 4. The molecule has 0 radical (unpaired) electrons. The van der Waals surface area contributed by atoms with Crippen LogP contribution in [-0.2, 0) is 9.59 Å². The van der Waals surface area contributed by atoms with Gasteiger partial charge in [-0.1, -0.05) is 23.5 Å². The van der Waals surface area contributed by atoms with E-state index in [1.807, 2.05) is 30.3 Å². The Balaban J connectivity index is 1.46. The summed E-state index contributed by atoms with van der Waals surface area (Å²) in [6, 6.07) is 12.8. The zero-order valence-corrected chi connectivity index (χ0v) is 19.4. The van der Waals surface area contributed by atoms with Crippen LogP contribution >= 0.6 is 11.3 Å². The molecule has 9 heteroatoms. The largest absolute Gasteiger partial charge is 0.358 e. The summed E-state index contributed by atoms with van der Waals surface area (Å²) in [7, 11) is 3.38. The van der Waals surface area contributed by atoms with E-state index in [9.17, 15) is 14.4 Å². The molecule has 170 valence electrons. The van der Waals surface area contributed by atoms with Crippen molar-refractivity contribution in [2.45, 2.75) is 25.3 Å². The van der Waals surface area contributed by atoms with Crippen molar-refractivity contribution in [2.24, 2.45) is 0 Å². The molecule has 33 heavy (non-hydrogen) atoms. The minimum absolute atomic E-state index is 0.101. The van der Waals surface area contributed by atoms with Crippen molar-refractivity contribution in [3.8, 4) is 0 Å². The molecule has 0 spiro atoms. The van der Waals surface area contributed by atoms with E-state index in [4.69, 9.17) is 0 Å². The molecule has 1 fully saturated rings. The zero-order chi connectivity index (χ0) is 23.1. The molecule has 1 saturated heterocycles. The number of benzene rings is 2. The van der Waals surface area contributed by atoms with E-state index in [-0.39, 0.29) is 30.3 Å². The molecule has 0 saturated carbocycles. The van der Waals surface area contributed by atoms with E-state index in [1.165, 1.54) is 21.1 Å². The fourth-order valence-corrected chi connectivity index (χ4v) is 5.42. The van der Waals surface area contributed by atoms with Crippen molar-refractivity contribution in [3.05, 3.63) is 48.0 Å². The van der Waals surface area contributed by atoms with Gasteiger partial charge in [-0.05, 0) is 49.6 Å². The quantitative estimate of drug-likeness (QED) is 0.641. The fraction of sp³-hybridized carbons (Fsp3) is 0.333. The van der Waals surface area contributed by atoms with E-state index in [0.717, 1.165) is 41.7 Å². The Bertz CT molecular complexity index is 1220. The van der Waals surface area contributed by atoms with Crippen molar-refractivity contribution >= 4 is 55.8 Å². The maximum absolute atomic E-state index is 13.5. The highest BCUT2D eigenvalue weighted by Crippen LogP contribution is 2.40. The van der Waals surface area contributed by atoms with Crippen molar-refractivity contribution in [1.82, 2.24) is 9.88 Å². The molecular formula is C24H25N5O3S. The van der Waals surface area contributed by atoms with Crippen molar-refractivity contribution in [3.63, 3.8) is 0 Å². The van der Waals surface area contributed by atoms with Gasteiger partial charge < -0.3 is 15.1 Å². The number of carbonyl (C=O) groups excluding carboxylic acids is 3. The number of para-hydroxylation sites is 1. The predicted octanol–water partition coefficient (Wildman–Crippen LogP) is 3.34. The highest BCUT2D eigenvalue weighted by Gasteiger charge is 2.40. The Labute approximate surface area is 195 Å². The van der Waals surface area contributed by atoms with Gasteiger partial charge in [-0.3, -0.25) is 19.3 Å². The second-order valence-electron chi connectivity index (χ2n) is 8.57. The molecule has 2 aliphatic heterocycles. The van der Waals surface area contributed by atoms with Crippen molar-refractivity contribution in [2.75, 3.05) is 42.3 Å². The van der Waals surface area contributed by atoms with Crippen LogP contribution in [0.4, 0.5) is 16.5 Å². The third kappa shape index (κ3) is 3.93. The highest BCUT2D eigenvalue weighted by molar-refractivity contribution is 7.22. The normalized spacial score (nSPS) is 17.5. The van der Waals surface area contributed by atoms with Gasteiger partial charge in [0.05, 0.1) is 21.6 Å². The van der Waals surface area contributed by atoms with Crippen LogP contribution in [-0.4, -0.2) is 60.8 Å². The molecule has 3 heterocycles. The number of nitrogens with one attached hydrogen (secondary N) is 1. The van der Waals surface area contributed by atoms with Gasteiger partial charge in [-0.15, -0.1) is 0 Å². The van der Waals surface area contributed by atoms with Crippen LogP contribution in [0.3, 0.4) is 0 Å². The number of rotatable bonds is 4. The lowest BCUT2D eigenvalue weighted by molar-refractivity contribution is -0.123. The molecular weight excluding hydrogens is 438 g/mol. The molecule has 0 unspecified atom stereocenters. The number of hydrogen-bond donors (Lipinski definition) is 1. The van der Waals surface area contributed by atoms with Crippen LogP contribution in [0.1, 0.15) is 29.6 Å². The van der Waals surface area contributed by atoms with Gasteiger partial charge in [0.2, 0.25) is 11.8 Å². The molecule has 8 nitrogen and oxygen atoms in total. The Morgan fingerprint density at radius 3 is 2.76 bits per heavy atom. The van der Waals surface area contributed by atoms with Gasteiger partial charge in [0, 0.05) is 26.2 Å². The fourth-order valence-electron chi connectivity index (χ4n) is 4.54. The van der Waals surface area contributed by atoms with E-state index < -0.39 is 0 Å². The van der Waals surface area contributed by atoms with Crippen LogP contribution in [0.25, 0.3) is 10.2 Å². The molecule has 0 bridgehead atoms.